The highest BCUT2D eigenvalue weighted by Crippen LogP contribution is 2.43. The smallest absolute Gasteiger partial charge is 0.137 e. The van der Waals surface area contributed by atoms with Crippen LogP contribution in [0.5, 0.6) is 5.75 Å². The average molecular weight is 268 g/mol. The molecule has 1 aliphatic carbocycles. The van der Waals surface area contributed by atoms with E-state index in [0.29, 0.717) is 16.4 Å². The second-order valence-electron chi connectivity index (χ2n) is 6.07. The standard InChI is InChI=1S/C15H22ClNO/c1-15(2)7-6-13(17)11(9-15)10-4-5-12(16)14(8-10)18-3/h4-5,8,11,13H,6-7,9,17H2,1-3H3. The summed E-state index contributed by atoms with van der Waals surface area (Å²) in [5.41, 5.74) is 7.90. The van der Waals surface area contributed by atoms with Gasteiger partial charge in [-0.2, -0.15) is 0 Å². The van der Waals surface area contributed by atoms with Gasteiger partial charge in [-0.25, -0.2) is 0 Å². The van der Waals surface area contributed by atoms with Gasteiger partial charge in [-0.05, 0) is 48.3 Å². The minimum absolute atomic E-state index is 0.240. The molecule has 0 aromatic heterocycles. The highest BCUT2D eigenvalue weighted by molar-refractivity contribution is 6.32. The Morgan fingerprint density at radius 2 is 2.11 bits per heavy atom. The van der Waals surface area contributed by atoms with Crippen molar-refractivity contribution in [2.45, 2.75) is 45.1 Å². The van der Waals surface area contributed by atoms with E-state index in [1.807, 2.05) is 12.1 Å². The third-order valence-electron chi connectivity index (χ3n) is 4.05. The van der Waals surface area contributed by atoms with Crippen LogP contribution in [0.25, 0.3) is 0 Å². The molecular formula is C15H22ClNO. The summed E-state index contributed by atoms with van der Waals surface area (Å²) in [7, 11) is 1.65. The molecule has 0 spiro atoms. The van der Waals surface area contributed by atoms with Crippen molar-refractivity contribution < 1.29 is 4.74 Å². The van der Waals surface area contributed by atoms with Crippen LogP contribution in [0.1, 0.15) is 44.6 Å². The lowest BCUT2D eigenvalue weighted by Gasteiger charge is -2.39. The van der Waals surface area contributed by atoms with Crippen LogP contribution in [-0.2, 0) is 0 Å². The predicted octanol–water partition coefficient (Wildman–Crippen LogP) is 3.97. The first-order valence-corrected chi connectivity index (χ1v) is 6.90. The third-order valence-corrected chi connectivity index (χ3v) is 4.36. The molecule has 0 saturated heterocycles. The number of benzene rings is 1. The van der Waals surface area contributed by atoms with Crippen molar-refractivity contribution in [3.8, 4) is 5.75 Å². The molecule has 0 aliphatic heterocycles. The Labute approximate surface area is 114 Å². The molecule has 3 heteroatoms. The molecule has 100 valence electrons. The highest BCUT2D eigenvalue weighted by Gasteiger charge is 2.34. The molecular weight excluding hydrogens is 246 g/mol. The van der Waals surface area contributed by atoms with Crippen molar-refractivity contribution in [3.63, 3.8) is 0 Å². The summed E-state index contributed by atoms with van der Waals surface area (Å²) in [5.74, 6) is 1.14. The van der Waals surface area contributed by atoms with Gasteiger partial charge < -0.3 is 10.5 Å². The molecule has 0 amide bonds. The molecule has 2 rings (SSSR count). The lowest BCUT2D eigenvalue weighted by Crippen LogP contribution is -2.37. The van der Waals surface area contributed by atoms with Crippen molar-refractivity contribution in [3.05, 3.63) is 28.8 Å². The Hall–Kier alpha value is -0.730. The van der Waals surface area contributed by atoms with Crippen LogP contribution in [-0.4, -0.2) is 13.2 Å². The summed E-state index contributed by atoms with van der Waals surface area (Å²) in [5, 5.41) is 0.657. The maximum absolute atomic E-state index is 6.29. The molecule has 1 fully saturated rings. The highest BCUT2D eigenvalue weighted by atomic mass is 35.5. The number of halogens is 1. The van der Waals surface area contributed by atoms with Gasteiger partial charge in [0.05, 0.1) is 12.1 Å². The molecule has 1 aliphatic rings. The molecule has 2 unspecified atom stereocenters. The van der Waals surface area contributed by atoms with Gasteiger partial charge in [0, 0.05) is 6.04 Å². The van der Waals surface area contributed by atoms with Crippen LogP contribution in [0.4, 0.5) is 0 Å². The first-order chi connectivity index (χ1) is 8.43. The first-order valence-electron chi connectivity index (χ1n) is 6.52. The van der Waals surface area contributed by atoms with Crippen molar-refractivity contribution in [1.82, 2.24) is 0 Å². The van der Waals surface area contributed by atoms with Gasteiger partial charge in [0.15, 0.2) is 0 Å². The van der Waals surface area contributed by atoms with E-state index >= 15 is 0 Å². The van der Waals surface area contributed by atoms with Gasteiger partial charge in [0.25, 0.3) is 0 Å². The van der Waals surface area contributed by atoms with Gasteiger partial charge in [0.1, 0.15) is 5.75 Å². The molecule has 2 atom stereocenters. The van der Waals surface area contributed by atoms with Crippen molar-refractivity contribution in [2.24, 2.45) is 11.1 Å². The predicted molar refractivity (Wildman–Crippen MR) is 76.4 cm³/mol. The minimum atomic E-state index is 0.240. The van der Waals surface area contributed by atoms with Crippen molar-refractivity contribution >= 4 is 11.6 Å². The summed E-state index contributed by atoms with van der Waals surface area (Å²) >= 11 is 6.07. The third kappa shape index (κ3) is 2.81. The Kier molecular flexibility index (Phi) is 3.88. The molecule has 0 radical (unpaired) electrons. The van der Waals surface area contributed by atoms with E-state index in [-0.39, 0.29) is 6.04 Å². The van der Waals surface area contributed by atoms with Gasteiger partial charge in [-0.15, -0.1) is 0 Å². The molecule has 1 aromatic rings. The number of rotatable bonds is 2. The molecule has 1 aromatic carbocycles. The van der Waals surface area contributed by atoms with E-state index in [2.05, 4.69) is 19.9 Å². The van der Waals surface area contributed by atoms with Gasteiger partial charge >= 0.3 is 0 Å². The Bertz CT molecular complexity index is 431. The van der Waals surface area contributed by atoms with E-state index in [9.17, 15) is 0 Å². The molecule has 1 saturated carbocycles. The SMILES string of the molecule is COc1cc(C2CC(C)(C)CCC2N)ccc1Cl. The number of methoxy groups -OCH3 is 1. The van der Waals surface area contributed by atoms with Crippen LogP contribution >= 0.6 is 11.6 Å². The second-order valence-corrected chi connectivity index (χ2v) is 6.48. The summed E-state index contributed by atoms with van der Waals surface area (Å²) in [6.07, 6.45) is 3.41. The lowest BCUT2D eigenvalue weighted by atomic mass is 9.68. The van der Waals surface area contributed by atoms with Gasteiger partial charge in [0.2, 0.25) is 0 Å². The average Bonchev–Trinajstić information content (AvgIpc) is 2.33. The zero-order chi connectivity index (χ0) is 13.3. The number of hydrogen-bond donors (Lipinski definition) is 1. The zero-order valence-electron chi connectivity index (χ0n) is 11.4. The molecule has 0 heterocycles. The Morgan fingerprint density at radius 1 is 1.39 bits per heavy atom. The summed E-state index contributed by atoms with van der Waals surface area (Å²) in [4.78, 5) is 0. The van der Waals surface area contributed by atoms with Crippen LogP contribution in [0.15, 0.2) is 18.2 Å². The maximum atomic E-state index is 6.29. The van der Waals surface area contributed by atoms with Crippen molar-refractivity contribution in [1.29, 1.82) is 0 Å². The molecule has 0 bridgehead atoms. The monoisotopic (exact) mass is 267 g/mol. The lowest BCUT2D eigenvalue weighted by molar-refractivity contribution is 0.198. The van der Waals surface area contributed by atoms with Crippen LogP contribution in [0, 0.1) is 5.41 Å². The fraction of sp³-hybridized carbons (Fsp3) is 0.600. The quantitative estimate of drug-likeness (QED) is 0.880. The maximum Gasteiger partial charge on any atom is 0.137 e. The van der Waals surface area contributed by atoms with E-state index in [4.69, 9.17) is 22.1 Å². The fourth-order valence-electron chi connectivity index (χ4n) is 2.88. The van der Waals surface area contributed by atoms with Crippen LogP contribution < -0.4 is 10.5 Å². The topological polar surface area (TPSA) is 35.2 Å². The second kappa shape index (κ2) is 5.10. The van der Waals surface area contributed by atoms with Crippen LogP contribution in [0.3, 0.4) is 0 Å². The fourth-order valence-corrected chi connectivity index (χ4v) is 3.07. The summed E-state index contributed by atoms with van der Waals surface area (Å²) < 4.78 is 5.29. The summed E-state index contributed by atoms with van der Waals surface area (Å²) in [6.45, 7) is 4.64. The van der Waals surface area contributed by atoms with Gasteiger partial charge in [-0.1, -0.05) is 31.5 Å². The zero-order valence-corrected chi connectivity index (χ0v) is 12.1. The largest absolute Gasteiger partial charge is 0.495 e. The molecule has 18 heavy (non-hydrogen) atoms. The number of nitrogens with two attached hydrogens (primary N) is 1. The molecule has 2 N–H and O–H groups in total. The van der Waals surface area contributed by atoms with Crippen molar-refractivity contribution in [2.75, 3.05) is 7.11 Å². The summed E-state index contributed by atoms with van der Waals surface area (Å²) in [6, 6.07) is 6.26. The number of hydrogen-bond acceptors (Lipinski definition) is 2. The van der Waals surface area contributed by atoms with Gasteiger partial charge in [-0.3, -0.25) is 0 Å². The first kappa shape index (κ1) is 13.7. The Morgan fingerprint density at radius 3 is 2.78 bits per heavy atom. The minimum Gasteiger partial charge on any atom is -0.495 e. The van der Waals surface area contributed by atoms with E-state index < -0.39 is 0 Å². The van der Waals surface area contributed by atoms with E-state index in [1.54, 1.807) is 7.11 Å². The van der Waals surface area contributed by atoms with E-state index in [1.165, 1.54) is 12.0 Å². The molecule has 2 nitrogen and oxygen atoms in total. The number of ether oxygens (including phenoxy) is 1. The van der Waals surface area contributed by atoms with E-state index in [0.717, 1.165) is 18.6 Å². The van der Waals surface area contributed by atoms with Crippen LogP contribution in [0.2, 0.25) is 5.02 Å². The Balaban J connectivity index is 2.29. The normalized spacial score (nSPS) is 26.9.